The number of imidazole rings is 1. The number of nitrogens with one attached hydrogen (secondary N) is 3. The molecule has 0 aromatic carbocycles. The number of carboxylic acid groups (broad SMARTS) is 2. The largest absolute Gasteiger partial charge is 0.481 e. The maximum atomic E-state index is 12.4. The van der Waals surface area contributed by atoms with Crippen LogP contribution in [-0.4, -0.2) is 68.0 Å². The van der Waals surface area contributed by atoms with Crippen LogP contribution in [0.3, 0.4) is 0 Å². The molecule has 13 nitrogen and oxygen atoms in total. The number of hydrogen-bond donors (Lipinski definition) is 7. The lowest BCUT2D eigenvalue weighted by molar-refractivity contribution is -0.143. The summed E-state index contributed by atoms with van der Waals surface area (Å²) in [6, 6.07) is -3.82. The smallest absolute Gasteiger partial charge is 0.326 e. The molecule has 0 spiro atoms. The van der Waals surface area contributed by atoms with Crippen molar-refractivity contribution >= 4 is 29.7 Å². The van der Waals surface area contributed by atoms with Crippen LogP contribution in [0.1, 0.15) is 31.4 Å². The second-order valence-corrected chi connectivity index (χ2v) is 6.29. The van der Waals surface area contributed by atoms with Crippen molar-refractivity contribution < 1.29 is 34.2 Å². The van der Waals surface area contributed by atoms with Gasteiger partial charge in [0, 0.05) is 31.2 Å². The highest BCUT2D eigenvalue weighted by Gasteiger charge is 2.28. The standard InChI is InChI=1S/C16H24N6O7/c17-9(5-8-6-19-7-20-8)14(26)21-10(2-4-13(24)25)15(27)22-11(16(28)29)1-3-12(18)23/h6-7,9-11H,1-5,17H2,(H2,18,23)(H,19,20)(H,21,26)(H,22,27)(H,24,25)(H,28,29)/t9-,10-,11-/m0/s1. The number of aliphatic carboxylic acids is 2. The van der Waals surface area contributed by atoms with Crippen LogP contribution in [0.5, 0.6) is 0 Å². The van der Waals surface area contributed by atoms with Gasteiger partial charge in [0.05, 0.1) is 12.4 Å². The number of primary amides is 1. The molecule has 0 aliphatic rings. The van der Waals surface area contributed by atoms with Crippen LogP contribution >= 0.6 is 0 Å². The van der Waals surface area contributed by atoms with Crippen LogP contribution in [0.15, 0.2) is 12.5 Å². The molecule has 160 valence electrons. The molecule has 0 radical (unpaired) electrons. The number of carbonyl (C=O) groups excluding carboxylic acids is 3. The minimum Gasteiger partial charge on any atom is -0.481 e. The van der Waals surface area contributed by atoms with Crippen molar-refractivity contribution in [1.29, 1.82) is 0 Å². The van der Waals surface area contributed by atoms with Crippen molar-refractivity contribution in [2.24, 2.45) is 11.5 Å². The highest BCUT2D eigenvalue weighted by molar-refractivity contribution is 5.92. The maximum absolute atomic E-state index is 12.4. The lowest BCUT2D eigenvalue weighted by Crippen LogP contribution is -2.55. The van der Waals surface area contributed by atoms with E-state index in [0.29, 0.717) is 5.69 Å². The van der Waals surface area contributed by atoms with Gasteiger partial charge in [-0.3, -0.25) is 19.2 Å². The Hall–Kier alpha value is -3.48. The first-order valence-electron chi connectivity index (χ1n) is 8.66. The van der Waals surface area contributed by atoms with Crippen molar-refractivity contribution in [1.82, 2.24) is 20.6 Å². The number of nitrogens with zero attached hydrogens (tertiary/aromatic N) is 1. The zero-order valence-corrected chi connectivity index (χ0v) is 15.5. The summed E-state index contributed by atoms with van der Waals surface area (Å²) >= 11 is 0. The molecule has 9 N–H and O–H groups in total. The third-order valence-electron chi connectivity index (χ3n) is 3.91. The van der Waals surface area contributed by atoms with Gasteiger partial charge in [0.15, 0.2) is 0 Å². The lowest BCUT2D eigenvalue weighted by Gasteiger charge is -2.22. The van der Waals surface area contributed by atoms with Gasteiger partial charge in [-0.05, 0) is 12.8 Å². The predicted octanol–water partition coefficient (Wildman–Crippen LogP) is -2.54. The van der Waals surface area contributed by atoms with Gasteiger partial charge in [0.25, 0.3) is 0 Å². The van der Waals surface area contributed by atoms with Crippen LogP contribution in [0, 0.1) is 0 Å². The summed E-state index contributed by atoms with van der Waals surface area (Å²) < 4.78 is 0. The Balaban J connectivity index is 2.79. The summed E-state index contributed by atoms with van der Waals surface area (Å²) in [6.07, 6.45) is 1.70. The summed E-state index contributed by atoms with van der Waals surface area (Å²) in [5.74, 6) is -4.99. The van der Waals surface area contributed by atoms with Crippen LogP contribution < -0.4 is 22.1 Å². The number of carbonyl (C=O) groups is 5. The molecule has 0 aliphatic carbocycles. The fourth-order valence-corrected chi connectivity index (χ4v) is 2.36. The van der Waals surface area contributed by atoms with E-state index in [1.807, 2.05) is 0 Å². The number of H-pyrrole nitrogens is 1. The van der Waals surface area contributed by atoms with Crippen molar-refractivity contribution in [2.75, 3.05) is 0 Å². The van der Waals surface area contributed by atoms with Crippen molar-refractivity contribution in [3.8, 4) is 0 Å². The molecule has 0 aliphatic heterocycles. The van der Waals surface area contributed by atoms with Crippen molar-refractivity contribution in [3.63, 3.8) is 0 Å². The van der Waals surface area contributed by atoms with E-state index in [9.17, 15) is 29.1 Å². The average molecular weight is 412 g/mol. The molecule has 0 unspecified atom stereocenters. The summed E-state index contributed by atoms with van der Waals surface area (Å²) in [7, 11) is 0. The van der Waals surface area contributed by atoms with Gasteiger partial charge in [0.1, 0.15) is 12.1 Å². The van der Waals surface area contributed by atoms with E-state index in [1.54, 1.807) is 0 Å². The Morgan fingerprint density at radius 2 is 1.66 bits per heavy atom. The first-order chi connectivity index (χ1) is 13.6. The summed E-state index contributed by atoms with van der Waals surface area (Å²) in [4.78, 5) is 64.2. The fraction of sp³-hybridized carbons (Fsp3) is 0.500. The Bertz CT molecular complexity index is 736. The molecule has 1 rings (SSSR count). The van der Waals surface area contributed by atoms with E-state index in [4.69, 9.17) is 16.6 Å². The topological polar surface area (TPSA) is 231 Å². The second-order valence-electron chi connectivity index (χ2n) is 6.29. The molecule has 0 saturated heterocycles. The van der Waals surface area contributed by atoms with E-state index >= 15 is 0 Å². The Labute approximate surface area is 165 Å². The molecule has 29 heavy (non-hydrogen) atoms. The second kappa shape index (κ2) is 11.4. The van der Waals surface area contributed by atoms with E-state index in [2.05, 4.69) is 20.6 Å². The zero-order valence-electron chi connectivity index (χ0n) is 15.5. The lowest BCUT2D eigenvalue weighted by atomic mass is 10.1. The third-order valence-corrected chi connectivity index (χ3v) is 3.91. The zero-order chi connectivity index (χ0) is 22.0. The summed E-state index contributed by atoms with van der Waals surface area (Å²) in [6.45, 7) is 0. The van der Waals surface area contributed by atoms with Crippen molar-refractivity contribution in [2.45, 2.75) is 50.2 Å². The molecule has 0 bridgehead atoms. The number of nitrogens with two attached hydrogens (primary N) is 2. The first kappa shape index (κ1) is 23.6. The van der Waals surface area contributed by atoms with Crippen LogP contribution in [0.2, 0.25) is 0 Å². The van der Waals surface area contributed by atoms with Gasteiger partial charge < -0.3 is 37.3 Å². The maximum Gasteiger partial charge on any atom is 0.326 e. The molecule has 3 amide bonds. The molecular formula is C16H24N6O7. The highest BCUT2D eigenvalue weighted by Crippen LogP contribution is 2.04. The number of carboxylic acids is 2. The first-order valence-corrected chi connectivity index (χ1v) is 8.66. The highest BCUT2D eigenvalue weighted by atomic mass is 16.4. The monoisotopic (exact) mass is 412 g/mol. The average Bonchev–Trinajstić information content (AvgIpc) is 3.13. The number of rotatable bonds is 13. The quantitative estimate of drug-likeness (QED) is 0.181. The molecule has 13 heteroatoms. The molecule has 0 fully saturated rings. The molecule has 3 atom stereocenters. The molecule has 1 heterocycles. The third kappa shape index (κ3) is 8.83. The van der Waals surface area contributed by atoms with Gasteiger partial charge in [-0.2, -0.15) is 0 Å². The van der Waals surface area contributed by atoms with Gasteiger partial charge in [-0.15, -0.1) is 0 Å². The Kier molecular flexibility index (Phi) is 9.25. The molecule has 1 aromatic rings. The fourth-order valence-electron chi connectivity index (χ4n) is 2.36. The molecule has 1 aromatic heterocycles. The predicted molar refractivity (Wildman–Crippen MR) is 97.1 cm³/mol. The van der Waals surface area contributed by atoms with E-state index < -0.39 is 54.2 Å². The van der Waals surface area contributed by atoms with Crippen LogP contribution in [0.25, 0.3) is 0 Å². The summed E-state index contributed by atoms with van der Waals surface area (Å²) in [5, 5.41) is 22.5. The molecular weight excluding hydrogens is 388 g/mol. The minimum absolute atomic E-state index is 0.0927. The molecule has 0 saturated carbocycles. The SMILES string of the molecule is NC(=O)CC[C@H](NC(=O)[C@H](CCC(=O)O)NC(=O)[C@@H](N)Cc1cnc[nH]1)C(=O)O. The van der Waals surface area contributed by atoms with Crippen LogP contribution in [-0.2, 0) is 30.4 Å². The Morgan fingerprint density at radius 3 is 2.17 bits per heavy atom. The van der Waals surface area contributed by atoms with E-state index in [-0.39, 0.29) is 25.7 Å². The number of hydrogen-bond acceptors (Lipinski definition) is 7. The van der Waals surface area contributed by atoms with E-state index in [0.717, 1.165) is 0 Å². The summed E-state index contributed by atoms with van der Waals surface area (Å²) in [5.41, 5.74) is 11.3. The number of aromatic amines is 1. The van der Waals surface area contributed by atoms with Gasteiger partial charge in [-0.1, -0.05) is 0 Å². The number of aromatic nitrogens is 2. The van der Waals surface area contributed by atoms with E-state index in [1.165, 1.54) is 12.5 Å². The Morgan fingerprint density at radius 1 is 1.03 bits per heavy atom. The van der Waals surface area contributed by atoms with Crippen molar-refractivity contribution in [3.05, 3.63) is 18.2 Å². The van der Waals surface area contributed by atoms with Gasteiger partial charge >= 0.3 is 11.9 Å². The number of amides is 3. The normalized spacial score (nSPS) is 13.7. The van der Waals surface area contributed by atoms with Gasteiger partial charge in [-0.25, -0.2) is 9.78 Å². The minimum atomic E-state index is -1.43. The van der Waals surface area contributed by atoms with Crippen LogP contribution in [0.4, 0.5) is 0 Å². The van der Waals surface area contributed by atoms with Gasteiger partial charge in [0.2, 0.25) is 17.7 Å².